The number of hydrogen-bond donors (Lipinski definition) is 2. The number of hydrogen-bond acceptors (Lipinski definition) is 8. The van der Waals surface area contributed by atoms with Crippen LogP contribution in [0.15, 0.2) is 47.4 Å². The van der Waals surface area contributed by atoms with Crippen molar-refractivity contribution in [1.82, 2.24) is 14.9 Å². The highest BCUT2D eigenvalue weighted by Gasteiger charge is 2.32. The fourth-order valence-electron chi connectivity index (χ4n) is 3.32. The summed E-state index contributed by atoms with van der Waals surface area (Å²) in [6.07, 6.45) is 0.312. The molecule has 0 bridgehead atoms. The minimum atomic E-state index is -4.51. The highest BCUT2D eigenvalue weighted by Crippen LogP contribution is 2.18. The van der Waals surface area contributed by atoms with E-state index in [0.717, 1.165) is 6.07 Å². The Hall–Kier alpha value is -3.42. The summed E-state index contributed by atoms with van der Waals surface area (Å²) < 4.78 is 64.7. The van der Waals surface area contributed by atoms with E-state index in [2.05, 4.69) is 10.0 Å². The molecule has 1 amide bonds. The van der Waals surface area contributed by atoms with Gasteiger partial charge >= 0.3 is 18.0 Å². The second-order valence-corrected chi connectivity index (χ2v) is 9.96. The SMILES string of the molecule is CN(C)C(=O)Oc1ccc(C[C@H](NS(=O)(=O)c2ccc(F)c(F)c2)C(=O)OC(=O)[C@@H]2CCCN2)cc1. The van der Waals surface area contributed by atoms with Gasteiger partial charge in [0.1, 0.15) is 17.8 Å². The molecule has 2 aromatic carbocycles. The zero-order chi connectivity index (χ0) is 26.5. The first-order chi connectivity index (χ1) is 17.0. The maximum absolute atomic E-state index is 13.6. The molecular formula is C23H25F2N3O7S. The van der Waals surface area contributed by atoms with Crippen LogP contribution in [0.4, 0.5) is 13.6 Å². The first-order valence-electron chi connectivity index (χ1n) is 10.9. The van der Waals surface area contributed by atoms with E-state index in [9.17, 15) is 31.6 Å². The quantitative estimate of drug-likeness (QED) is 0.394. The van der Waals surface area contributed by atoms with Crippen molar-refractivity contribution in [2.24, 2.45) is 0 Å². The highest BCUT2D eigenvalue weighted by molar-refractivity contribution is 7.89. The number of nitrogens with one attached hydrogen (secondary N) is 2. The van der Waals surface area contributed by atoms with E-state index >= 15 is 0 Å². The molecular weight excluding hydrogens is 500 g/mol. The average molecular weight is 526 g/mol. The van der Waals surface area contributed by atoms with Crippen LogP contribution in [0.5, 0.6) is 5.75 Å². The molecule has 2 atom stereocenters. The number of halogens is 2. The monoisotopic (exact) mass is 525 g/mol. The third-order valence-electron chi connectivity index (χ3n) is 5.26. The van der Waals surface area contributed by atoms with Crippen molar-refractivity contribution in [3.8, 4) is 5.75 Å². The summed E-state index contributed by atoms with van der Waals surface area (Å²) in [5.41, 5.74) is 0.432. The summed E-state index contributed by atoms with van der Waals surface area (Å²) in [5.74, 6) is -4.43. The molecule has 0 aliphatic carbocycles. The molecule has 0 unspecified atom stereocenters. The second-order valence-electron chi connectivity index (χ2n) is 8.25. The van der Waals surface area contributed by atoms with Crippen LogP contribution in [0.1, 0.15) is 18.4 Å². The molecule has 1 heterocycles. The summed E-state index contributed by atoms with van der Waals surface area (Å²) in [6, 6.07) is 5.54. The van der Waals surface area contributed by atoms with Gasteiger partial charge in [0.25, 0.3) is 0 Å². The molecule has 1 aliphatic rings. The molecule has 0 radical (unpaired) electrons. The zero-order valence-electron chi connectivity index (χ0n) is 19.5. The lowest BCUT2D eigenvalue weighted by atomic mass is 10.1. The molecule has 0 saturated carbocycles. The maximum Gasteiger partial charge on any atom is 0.414 e. The molecule has 1 aliphatic heterocycles. The number of benzene rings is 2. The lowest BCUT2D eigenvalue weighted by molar-refractivity contribution is -0.162. The predicted octanol–water partition coefficient (Wildman–Crippen LogP) is 1.74. The molecule has 10 nitrogen and oxygen atoms in total. The molecule has 1 fully saturated rings. The Morgan fingerprint density at radius 1 is 1.11 bits per heavy atom. The summed E-state index contributed by atoms with van der Waals surface area (Å²) in [6.45, 7) is 0.574. The minimum absolute atomic E-state index is 0.210. The van der Waals surface area contributed by atoms with Crippen LogP contribution in [0.3, 0.4) is 0 Å². The van der Waals surface area contributed by atoms with E-state index in [1.54, 1.807) is 0 Å². The molecule has 1 saturated heterocycles. The van der Waals surface area contributed by atoms with Crippen LogP contribution in [0.25, 0.3) is 0 Å². The van der Waals surface area contributed by atoms with Crippen molar-refractivity contribution in [3.05, 3.63) is 59.7 Å². The molecule has 194 valence electrons. The topological polar surface area (TPSA) is 131 Å². The molecule has 13 heteroatoms. The van der Waals surface area contributed by atoms with Crippen LogP contribution in [0.2, 0.25) is 0 Å². The van der Waals surface area contributed by atoms with Crippen LogP contribution in [-0.2, 0) is 30.8 Å². The van der Waals surface area contributed by atoms with Crippen LogP contribution < -0.4 is 14.8 Å². The van der Waals surface area contributed by atoms with Gasteiger partial charge in [-0.1, -0.05) is 12.1 Å². The summed E-state index contributed by atoms with van der Waals surface area (Å²) in [4.78, 5) is 37.4. The fraction of sp³-hybridized carbons (Fsp3) is 0.348. The number of amides is 1. The third kappa shape index (κ3) is 7.06. The van der Waals surface area contributed by atoms with Gasteiger partial charge in [0.05, 0.1) is 4.90 Å². The Balaban J connectivity index is 1.81. The Morgan fingerprint density at radius 2 is 1.81 bits per heavy atom. The Bertz CT molecular complexity index is 1230. The van der Waals surface area contributed by atoms with Gasteiger partial charge in [-0.05, 0) is 61.7 Å². The smallest absolute Gasteiger partial charge is 0.410 e. The van der Waals surface area contributed by atoms with Crippen molar-refractivity contribution in [1.29, 1.82) is 0 Å². The molecule has 3 rings (SSSR count). The minimum Gasteiger partial charge on any atom is -0.410 e. The van der Waals surface area contributed by atoms with Crippen molar-refractivity contribution in [2.45, 2.75) is 36.2 Å². The van der Waals surface area contributed by atoms with Gasteiger partial charge in [-0.3, -0.25) is 0 Å². The average Bonchev–Trinajstić information content (AvgIpc) is 3.36. The number of ether oxygens (including phenoxy) is 2. The van der Waals surface area contributed by atoms with Crippen LogP contribution >= 0.6 is 0 Å². The van der Waals surface area contributed by atoms with Gasteiger partial charge in [-0.15, -0.1) is 0 Å². The maximum atomic E-state index is 13.6. The first-order valence-corrected chi connectivity index (χ1v) is 12.4. The third-order valence-corrected chi connectivity index (χ3v) is 6.73. The van der Waals surface area contributed by atoms with Crippen LogP contribution in [0, 0.1) is 11.6 Å². The lowest BCUT2D eigenvalue weighted by Gasteiger charge is -2.19. The Kier molecular flexibility index (Phi) is 8.71. The molecule has 2 N–H and O–H groups in total. The molecule has 0 aromatic heterocycles. The van der Waals surface area contributed by atoms with E-state index in [0.29, 0.717) is 37.1 Å². The summed E-state index contributed by atoms with van der Waals surface area (Å²) >= 11 is 0. The first kappa shape index (κ1) is 27.2. The van der Waals surface area contributed by atoms with Gasteiger partial charge in [0.15, 0.2) is 11.6 Å². The molecule has 2 aromatic rings. The number of nitrogens with zero attached hydrogens (tertiary/aromatic N) is 1. The van der Waals surface area contributed by atoms with Gasteiger partial charge < -0.3 is 19.7 Å². The lowest BCUT2D eigenvalue weighted by Crippen LogP contribution is -2.45. The zero-order valence-corrected chi connectivity index (χ0v) is 20.3. The van der Waals surface area contributed by atoms with Crippen molar-refractivity contribution in [3.63, 3.8) is 0 Å². The van der Waals surface area contributed by atoms with Crippen molar-refractivity contribution in [2.75, 3.05) is 20.6 Å². The normalized spacial score (nSPS) is 16.3. The van der Waals surface area contributed by atoms with Gasteiger partial charge in [-0.2, -0.15) is 4.72 Å². The van der Waals surface area contributed by atoms with E-state index in [-0.39, 0.29) is 12.2 Å². The number of carbonyl (C=O) groups is 3. The van der Waals surface area contributed by atoms with Crippen LogP contribution in [-0.4, -0.2) is 64.1 Å². The highest BCUT2D eigenvalue weighted by atomic mass is 32.2. The number of carbonyl (C=O) groups excluding carboxylic acids is 3. The number of rotatable bonds is 8. The van der Waals surface area contributed by atoms with Crippen molar-refractivity contribution < 1.29 is 41.1 Å². The van der Waals surface area contributed by atoms with E-state index in [1.165, 1.54) is 43.3 Å². The summed E-state index contributed by atoms with van der Waals surface area (Å²) in [7, 11) is -1.49. The Labute approximate surface area is 206 Å². The van der Waals surface area contributed by atoms with Crippen molar-refractivity contribution >= 4 is 28.1 Å². The Morgan fingerprint density at radius 3 is 2.39 bits per heavy atom. The molecule has 36 heavy (non-hydrogen) atoms. The van der Waals surface area contributed by atoms with Gasteiger partial charge in [-0.25, -0.2) is 31.6 Å². The predicted molar refractivity (Wildman–Crippen MR) is 122 cm³/mol. The number of sulfonamides is 1. The molecule has 0 spiro atoms. The fourth-order valence-corrected chi connectivity index (χ4v) is 4.52. The number of esters is 2. The standard InChI is InChI=1S/C23H25F2N3O7S/c1-28(2)23(31)34-15-7-5-14(6-8-15)12-20(22(30)35-21(29)19-4-3-11-26-19)27-36(32,33)16-9-10-17(24)18(25)13-16/h5-10,13,19-20,26-27H,3-4,11-12H2,1-2H3/t19-,20-/m0/s1. The van der Waals surface area contributed by atoms with E-state index in [4.69, 9.17) is 9.47 Å². The summed E-state index contributed by atoms with van der Waals surface area (Å²) in [5, 5.41) is 2.88. The van der Waals surface area contributed by atoms with Gasteiger partial charge in [0, 0.05) is 14.1 Å². The van der Waals surface area contributed by atoms with E-state index < -0.39 is 56.7 Å². The van der Waals surface area contributed by atoms with E-state index in [1.807, 2.05) is 0 Å². The van der Waals surface area contributed by atoms with Gasteiger partial charge in [0.2, 0.25) is 10.0 Å². The second kappa shape index (κ2) is 11.5. The largest absolute Gasteiger partial charge is 0.414 e.